The van der Waals surface area contributed by atoms with Gasteiger partial charge in [-0.25, -0.2) is 15.4 Å². The van der Waals surface area contributed by atoms with Crippen LogP contribution in [0.15, 0.2) is 12.1 Å². The highest BCUT2D eigenvalue weighted by Crippen LogP contribution is 2.21. The van der Waals surface area contributed by atoms with Crippen molar-refractivity contribution in [3.05, 3.63) is 45.8 Å². The van der Waals surface area contributed by atoms with E-state index in [0.29, 0.717) is 0 Å². The number of halogens is 3. The van der Waals surface area contributed by atoms with Crippen molar-refractivity contribution in [3.63, 3.8) is 0 Å². The molecular weight excluding hydrogens is 224 g/mol. The maximum atomic E-state index is 13.3. The molecule has 0 saturated carbocycles. The monoisotopic (exact) mass is 229 g/mol. The Labute approximate surface area is 90.3 Å². The number of hydrogen-bond acceptors (Lipinski definition) is 1. The molecule has 15 heavy (non-hydrogen) atoms. The van der Waals surface area contributed by atoms with Gasteiger partial charge in [0.1, 0.15) is 11.6 Å². The summed E-state index contributed by atoms with van der Waals surface area (Å²) in [5.41, 5.74) is -0.379. The molecule has 0 heterocycles. The molecule has 78 valence electrons. The predicted molar refractivity (Wildman–Crippen MR) is 51.5 cm³/mol. The van der Waals surface area contributed by atoms with E-state index < -0.39 is 23.8 Å². The molecule has 0 aromatic heterocycles. The van der Waals surface area contributed by atoms with Gasteiger partial charge in [-0.15, -0.1) is 0 Å². The molecule has 0 aliphatic heterocycles. The van der Waals surface area contributed by atoms with E-state index in [2.05, 4.69) is 4.85 Å². The summed E-state index contributed by atoms with van der Waals surface area (Å²) in [6.45, 7) is 6.06. The first-order chi connectivity index (χ1) is 7.06. The molecule has 2 nitrogen and oxygen atoms in total. The third kappa shape index (κ3) is 2.74. The zero-order chi connectivity index (χ0) is 11.4. The number of nitrogens with zero attached hydrogens (tertiary/aromatic N) is 1. The van der Waals surface area contributed by atoms with E-state index in [1.807, 2.05) is 0 Å². The molecule has 0 spiro atoms. The van der Waals surface area contributed by atoms with Crippen LogP contribution in [-0.4, -0.2) is 12.3 Å². The Morgan fingerprint density at radius 3 is 2.73 bits per heavy atom. The van der Waals surface area contributed by atoms with E-state index in [0.717, 1.165) is 12.1 Å². The molecule has 0 aliphatic rings. The topological polar surface area (TPSA) is 21.4 Å². The van der Waals surface area contributed by atoms with Crippen LogP contribution in [0, 0.1) is 18.2 Å². The third-order valence-electron chi connectivity index (χ3n) is 1.77. The molecule has 1 aromatic carbocycles. The quantitative estimate of drug-likeness (QED) is 0.577. The largest absolute Gasteiger partial charge is 0.309 e. The lowest BCUT2D eigenvalue weighted by Gasteiger charge is -2.03. The molecule has 1 rings (SSSR count). The second kappa shape index (κ2) is 4.85. The SMILES string of the molecule is [C-]#[N+]CC(=O)Cc1c(F)ccc(Cl)c1F. The minimum atomic E-state index is -0.935. The maximum absolute atomic E-state index is 13.3. The Morgan fingerprint density at radius 1 is 1.47 bits per heavy atom. The van der Waals surface area contributed by atoms with Gasteiger partial charge in [-0.2, -0.15) is 0 Å². The Kier molecular flexibility index (Phi) is 3.75. The first kappa shape index (κ1) is 11.6. The Hall–Kier alpha value is -1.47. The van der Waals surface area contributed by atoms with E-state index in [9.17, 15) is 13.6 Å². The van der Waals surface area contributed by atoms with Crippen molar-refractivity contribution in [3.8, 4) is 0 Å². The summed E-state index contributed by atoms with van der Waals surface area (Å²) in [6.07, 6.45) is -0.444. The fourth-order valence-electron chi connectivity index (χ4n) is 1.07. The molecule has 0 atom stereocenters. The van der Waals surface area contributed by atoms with Crippen LogP contribution in [0.3, 0.4) is 0 Å². The fraction of sp³-hybridized carbons (Fsp3) is 0.200. The minimum absolute atomic E-state index is 0.234. The summed E-state index contributed by atoms with van der Waals surface area (Å²) >= 11 is 5.43. The van der Waals surface area contributed by atoms with E-state index in [-0.39, 0.29) is 17.1 Å². The van der Waals surface area contributed by atoms with Crippen molar-refractivity contribution in [2.75, 3.05) is 6.54 Å². The summed E-state index contributed by atoms with van der Waals surface area (Å²) in [4.78, 5) is 13.9. The zero-order valence-electron chi connectivity index (χ0n) is 7.56. The zero-order valence-corrected chi connectivity index (χ0v) is 8.31. The van der Waals surface area contributed by atoms with E-state index in [1.54, 1.807) is 0 Å². The van der Waals surface area contributed by atoms with Gasteiger partial charge < -0.3 is 4.85 Å². The van der Waals surface area contributed by atoms with Gasteiger partial charge in [0.2, 0.25) is 5.78 Å². The van der Waals surface area contributed by atoms with Gasteiger partial charge in [-0.3, -0.25) is 4.79 Å². The first-order valence-corrected chi connectivity index (χ1v) is 4.41. The van der Waals surface area contributed by atoms with Gasteiger partial charge >= 0.3 is 0 Å². The summed E-state index contributed by atoms with van der Waals surface area (Å²) < 4.78 is 26.4. The molecule has 0 fully saturated rings. The Balaban J connectivity index is 3.00. The standard InChI is InChI=1S/C10H6ClF2NO/c1-14-5-6(15)4-7-9(12)3-2-8(11)10(7)13/h2-3H,4-5H2. The minimum Gasteiger partial charge on any atom is -0.309 e. The molecule has 1 aromatic rings. The second-order valence-corrected chi connectivity index (χ2v) is 3.26. The lowest BCUT2D eigenvalue weighted by Crippen LogP contribution is -2.09. The van der Waals surface area contributed by atoms with Crippen LogP contribution >= 0.6 is 11.6 Å². The summed E-state index contributed by atoms with van der Waals surface area (Å²) in [6, 6.07) is 2.07. The van der Waals surface area contributed by atoms with Crippen molar-refractivity contribution >= 4 is 17.4 Å². The molecular formula is C10H6ClF2NO. The molecule has 0 bridgehead atoms. The average molecular weight is 230 g/mol. The third-order valence-corrected chi connectivity index (χ3v) is 2.06. The van der Waals surface area contributed by atoms with Gasteiger partial charge in [-0.1, -0.05) is 11.6 Å². The summed E-state index contributed by atoms with van der Waals surface area (Å²) in [7, 11) is 0. The highest BCUT2D eigenvalue weighted by atomic mass is 35.5. The van der Waals surface area contributed by atoms with Crippen LogP contribution in [0.25, 0.3) is 4.85 Å². The number of rotatable bonds is 3. The maximum Gasteiger partial charge on any atom is 0.272 e. The van der Waals surface area contributed by atoms with Gasteiger partial charge in [0.25, 0.3) is 6.54 Å². The molecule has 0 saturated heterocycles. The number of benzene rings is 1. The normalized spacial score (nSPS) is 9.73. The van der Waals surface area contributed by atoms with E-state index >= 15 is 0 Å². The van der Waals surface area contributed by atoms with Gasteiger partial charge in [-0.05, 0) is 12.1 Å². The van der Waals surface area contributed by atoms with E-state index in [1.165, 1.54) is 0 Å². The second-order valence-electron chi connectivity index (χ2n) is 2.85. The van der Waals surface area contributed by atoms with Crippen molar-refractivity contribution in [2.24, 2.45) is 0 Å². The van der Waals surface area contributed by atoms with Crippen LogP contribution in [-0.2, 0) is 11.2 Å². The van der Waals surface area contributed by atoms with Gasteiger partial charge in [0.05, 0.1) is 5.02 Å². The molecule has 0 N–H and O–H groups in total. The first-order valence-electron chi connectivity index (χ1n) is 4.03. The molecule has 0 aliphatic carbocycles. The smallest absolute Gasteiger partial charge is 0.272 e. The summed E-state index contributed by atoms with van der Waals surface area (Å²) in [5.74, 6) is -2.30. The molecule has 0 unspecified atom stereocenters. The summed E-state index contributed by atoms with van der Waals surface area (Å²) in [5, 5.41) is -0.234. The number of carbonyl (C=O) groups excluding carboxylic acids is 1. The lowest BCUT2D eigenvalue weighted by molar-refractivity contribution is -0.116. The average Bonchev–Trinajstić information content (AvgIpc) is 2.19. The Bertz CT molecular complexity index is 440. The van der Waals surface area contributed by atoms with Crippen LogP contribution in [0.1, 0.15) is 5.56 Å². The van der Waals surface area contributed by atoms with Gasteiger partial charge in [0, 0.05) is 12.0 Å². The lowest BCUT2D eigenvalue weighted by atomic mass is 10.1. The van der Waals surface area contributed by atoms with Crippen LogP contribution in [0.4, 0.5) is 8.78 Å². The van der Waals surface area contributed by atoms with Crippen LogP contribution in [0.2, 0.25) is 5.02 Å². The van der Waals surface area contributed by atoms with Crippen molar-refractivity contribution < 1.29 is 13.6 Å². The van der Waals surface area contributed by atoms with Crippen LogP contribution in [0.5, 0.6) is 0 Å². The number of hydrogen-bond donors (Lipinski definition) is 0. The molecule has 0 amide bonds. The van der Waals surface area contributed by atoms with Crippen molar-refractivity contribution in [1.82, 2.24) is 0 Å². The number of carbonyl (C=O) groups is 1. The van der Waals surface area contributed by atoms with Gasteiger partial charge in [0.15, 0.2) is 0 Å². The number of ketones is 1. The predicted octanol–water partition coefficient (Wildman–Crippen LogP) is 2.65. The van der Waals surface area contributed by atoms with Crippen molar-refractivity contribution in [2.45, 2.75) is 6.42 Å². The number of Topliss-reactive ketones (excluding diaryl/α,β-unsaturated/α-hetero) is 1. The van der Waals surface area contributed by atoms with Crippen molar-refractivity contribution in [1.29, 1.82) is 0 Å². The van der Waals surface area contributed by atoms with E-state index in [4.69, 9.17) is 18.2 Å². The highest BCUT2D eigenvalue weighted by molar-refractivity contribution is 6.30. The highest BCUT2D eigenvalue weighted by Gasteiger charge is 2.16. The fourth-order valence-corrected chi connectivity index (χ4v) is 1.25. The molecule has 5 heteroatoms. The Morgan fingerprint density at radius 2 is 2.13 bits per heavy atom. The van der Waals surface area contributed by atoms with Crippen LogP contribution < -0.4 is 0 Å². The molecule has 0 radical (unpaired) electrons.